The summed E-state index contributed by atoms with van der Waals surface area (Å²) in [6.45, 7) is 1.09. The highest BCUT2D eigenvalue weighted by Gasteiger charge is 2.52. The topological polar surface area (TPSA) is 109 Å². The number of nitrogens with zero attached hydrogens (tertiary/aromatic N) is 2. The molecule has 216 valence electrons. The minimum absolute atomic E-state index is 0.0456. The number of likely N-dealkylation sites (tertiary alicyclic amines) is 1. The summed E-state index contributed by atoms with van der Waals surface area (Å²) in [4.78, 5) is 29.2. The normalized spacial score (nSPS) is 17.9. The third-order valence-electron chi connectivity index (χ3n) is 8.17. The number of rotatable bonds is 11. The van der Waals surface area contributed by atoms with Crippen molar-refractivity contribution in [3.05, 3.63) is 77.5 Å². The molecule has 1 saturated carbocycles. The SMILES string of the molecule is COC[C@@H](NC(=O)CC1(C(=N)C(=O)c2cc(-c3ccc(F)cc3F)on2)CN(C2CCCCC2)C1)c1ccccc1. The van der Waals surface area contributed by atoms with E-state index < -0.39 is 22.8 Å². The average Bonchev–Trinajstić information content (AvgIpc) is 3.44. The van der Waals surface area contributed by atoms with Gasteiger partial charge in [0.15, 0.2) is 11.5 Å². The van der Waals surface area contributed by atoms with Crippen molar-refractivity contribution in [2.75, 3.05) is 26.8 Å². The van der Waals surface area contributed by atoms with Gasteiger partial charge < -0.3 is 20.0 Å². The molecule has 1 saturated heterocycles. The predicted molar refractivity (Wildman–Crippen MR) is 149 cm³/mol. The van der Waals surface area contributed by atoms with Gasteiger partial charge in [-0.3, -0.25) is 14.5 Å². The molecule has 0 unspecified atom stereocenters. The van der Waals surface area contributed by atoms with Crippen LogP contribution < -0.4 is 5.32 Å². The Hall–Kier alpha value is -3.76. The van der Waals surface area contributed by atoms with Gasteiger partial charge in [-0.15, -0.1) is 0 Å². The van der Waals surface area contributed by atoms with E-state index in [0.29, 0.717) is 19.1 Å². The fourth-order valence-electron chi connectivity index (χ4n) is 5.99. The van der Waals surface area contributed by atoms with Crippen LogP contribution in [0.1, 0.15) is 60.6 Å². The number of ether oxygens (including phenoxy) is 1. The van der Waals surface area contributed by atoms with E-state index in [4.69, 9.17) is 14.7 Å². The summed E-state index contributed by atoms with van der Waals surface area (Å²) >= 11 is 0. The molecule has 5 rings (SSSR count). The molecule has 2 aliphatic rings. The summed E-state index contributed by atoms with van der Waals surface area (Å²) in [5, 5.41) is 15.8. The van der Waals surface area contributed by atoms with E-state index in [9.17, 15) is 18.4 Å². The van der Waals surface area contributed by atoms with Crippen LogP contribution >= 0.6 is 0 Å². The van der Waals surface area contributed by atoms with Gasteiger partial charge in [0.05, 0.1) is 29.3 Å². The van der Waals surface area contributed by atoms with Gasteiger partial charge in [0.25, 0.3) is 0 Å². The molecule has 1 aliphatic heterocycles. The van der Waals surface area contributed by atoms with Crippen molar-refractivity contribution in [1.82, 2.24) is 15.4 Å². The van der Waals surface area contributed by atoms with Crippen LogP contribution in [0.2, 0.25) is 0 Å². The van der Waals surface area contributed by atoms with Crippen molar-refractivity contribution in [1.29, 1.82) is 5.41 Å². The minimum atomic E-state index is -1.01. The van der Waals surface area contributed by atoms with Gasteiger partial charge in [0.2, 0.25) is 11.7 Å². The van der Waals surface area contributed by atoms with Gasteiger partial charge in [0, 0.05) is 44.8 Å². The summed E-state index contributed by atoms with van der Waals surface area (Å²) in [5.74, 6) is -2.61. The first-order valence-corrected chi connectivity index (χ1v) is 13.9. The minimum Gasteiger partial charge on any atom is -0.382 e. The van der Waals surface area contributed by atoms with Crippen molar-refractivity contribution in [3.8, 4) is 11.3 Å². The highest BCUT2D eigenvalue weighted by atomic mass is 19.1. The molecule has 0 radical (unpaired) electrons. The number of halogens is 2. The molecular formula is C31H34F2N4O4. The smallest absolute Gasteiger partial charge is 0.229 e. The van der Waals surface area contributed by atoms with Crippen molar-refractivity contribution in [3.63, 3.8) is 0 Å². The molecule has 2 heterocycles. The zero-order valence-electron chi connectivity index (χ0n) is 23.0. The van der Waals surface area contributed by atoms with E-state index >= 15 is 0 Å². The molecular weight excluding hydrogens is 530 g/mol. The van der Waals surface area contributed by atoms with Crippen LogP contribution in [0, 0.1) is 22.5 Å². The predicted octanol–water partition coefficient (Wildman–Crippen LogP) is 5.35. The molecule has 1 amide bonds. The number of hydrogen-bond donors (Lipinski definition) is 2. The lowest BCUT2D eigenvalue weighted by Crippen LogP contribution is -2.65. The number of ketones is 1. The molecule has 3 aromatic rings. The number of hydrogen-bond acceptors (Lipinski definition) is 7. The largest absolute Gasteiger partial charge is 0.382 e. The van der Waals surface area contributed by atoms with E-state index in [1.165, 1.54) is 18.6 Å². The van der Waals surface area contributed by atoms with Crippen LogP contribution in [0.15, 0.2) is 59.1 Å². The summed E-state index contributed by atoms with van der Waals surface area (Å²) < 4.78 is 38.2. The number of carbonyl (C=O) groups excluding carboxylic acids is 2. The Morgan fingerprint density at radius 3 is 2.54 bits per heavy atom. The number of methoxy groups -OCH3 is 1. The van der Waals surface area contributed by atoms with Crippen molar-refractivity contribution in [2.24, 2.45) is 5.41 Å². The molecule has 0 bridgehead atoms. The van der Waals surface area contributed by atoms with Crippen LogP contribution in [0.25, 0.3) is 11.3 Å². The highest BCUT2D eigenvalue weighted by molar-refractivity contribution is 6.46. The molecule has 2 fully saturated rings. The maximum Gasteiger partial charge on any atom is 0.229 e. The molecule has 1 atom stereocenters. The van der Waals surface area contributed by atoms with Crippen LogP contribution in [0.5, 0.6) is 0 Å². The third kappa shape index (κ3) is 6.28. The number of nitrogens with one attached hydrogen (secondary N) is 2. The first-order chi connectivity index (χ1) is 19.8. The van der Waals surface area contributed by atoms with E-state index in [1.54, 1.807) is 7.11 Å². The Labute approximate surface area is 237 Å². The van der Waals surface area contributed by atoms with Crippen LogP contribution in [-0.2, 0) is 9.53 Å². The van der Waals surface area contributed by atoms with E-state index in [0.717, 1.165) is 43.4 Å². The molecule has 2 aromatic carbocycles. The maximum atomic E-state index is 14.3. The third-order valence-corrected chi connectivity index (χ3v) is 8.17. The lowest BCUT2D eigenvalue weighted by molar-refractivity contribution is -0.126. The summed E-state index contributed by atoms with van der Waals surface area (Å²) in [6.07, 6.45) is 5.55. The molecule has 2 N–H and O–H groups in total. The Morgan fingerprint density at radius 1 is 1.12 bits per heavy atom. The Kier molecular flexibility index (Phi) is 8.70. The van der Waals surface area contributed by atoms with E-state index in [-0.39, 0.29) is 47.7 Å². The van der Waals surface area contributed by atoms with Crippen molar-refractivity contribution < 1.29 is 27.6 Å². The number of Topliss-reactive ketones (excluding diaryl/α,β-unsaturated/α-hetero) is 1. The zero-order valence-corrected chi connectivity index (χ0v) is 23.0. The van der Waals surface area contributed by atoms with Crippen molar-refractivity contribution in [2.45, 2.75) is 50.6 Å². The second-order valence-corrected chi connectivity index (χ2v) is 11.0. The van der Waals surface area contributed by atoms with Gasteiger partial charge in [-0.2, -0.15) is 0 Å². The quantitative estimate of drug-likeness (QED) is 0.240. The number of amides is 1. The first-order valence-electron chi connectivity index (χ1n) is 13.9. The first kappa shape index (κ1) is 28.8. The summed E-state index contributed by atoms with van der Waals surface area (Å²) in [5.41, 5.74) is -0.555. The highest BCUT2D eigenvalue weighted by Crippen LogP contribution is 2.41. The van der Waals surface area contributed by atoms with Gasteiger partial charge >= 0.3 is 0 Å². The summed E-state index contributed by atoms with van der Waals surface area (Å²) in [6, 6.07) is 13.7. The summed E-state index contributed by atoms with van der Waals surface area (Å²) in [7, 11) is 1.57. The Balaban J connectivity index is 1.35. The number of aromatic nitrogens is 1. The van der Waals surface area contributed by atoms with Crippen molar-refractivity contribution >= 4 is 17.4 Å². The lowest BCUT2D eigenvalue weighted by atomic mass is 9.69. The Bertz CT molecular complexity index is 1400. The van der Waals surface area contributed by atoms with E-state index in [2.05, 4.69) is 15.4 Å². The lowest BCUT2D eigenvalue weighted by Gasteiger charge is -2.53. The molecule has 1 aliphatic carbocycles. The number of benzene rings is 2. The van der Waals surface area contributed by atoms with Gasteiger partial charge in [0.1, 0.15) is 11.6 Å². The fraction of sp³-hybridized carbons (Fsp3) is 0.419. The number of carbonyl (C=O) groups is 2. The molecule has 8 nitrogen and oxygen atoms in total. The monoisotopic (exact) mass is 564 g/mol. The van der Waals surface area contributed by atoms with Gasteiger partial charge in [-0.25, -0.2) is 8.78 Å². The molecule has 41 heavy (non-hydrogen) atoms. The Morgan fingerprint density at radius 2 is 1.85 bits per heavy atom. The van der Waals surface area contributed by atoms with Crippen LogP contribution in [-0.4, -0.2) is 60.3 Å². The fourth-order valence-corrected chi connectivity index (χ4v) is 5.99. The van der Waals surface area contributed by atoms with E-state index in [1.807, 2.05) is 30.3 Å². The van der Waals surface area contributed by atoms with Crippen LogP contribution in [0.4, 0.5) is 8.78 Å². The second kappa shape index (κ2) is 12.4. The standard InChI is InChI=1S/C31H34F2N4O4/c1-40-17-26(20-8-4-2-5-9-20)35-28(38)16-31(18-37(19-31)22-10-6-3-7-11-22)30(34)29(39)25-15-27(41-36-25)23-13-12-21(32)14-24(23)33/h2,4-5,8-9,12-15,22,26,34H,3,6-7,10-11,16-19H2,1H3,(H,35,38)/t26-/m1/s1. The maximum absolute atomic E-state index is 14.3. The molecule has 1 aromatic heterocycles. The van der Waals surface area contributed by atoms with Gasteiger partial charge in [-0.05, 0) is 30.5 Å². The zero-order chi connectivity index (χ0) is 29.0. The molecule has 0 spiro atoms. The molecule has 10 heteroatoms. The van der Waals surface area contributed by atoms with Gasteiger partial charge in [-0.1, -0.05) is 54.8 Å². The average molecular weight is 565 g/mol. The second-order valence-electron chi connectivity index (χ2n) is 11.0. The van der Waals surface area contributed by atoms with Crippen LogP contribution in [0.3, 0.4) is 0 Å².